The maximum Gasteiger partial charge on any atom is 0.433 e. The quantitative estimate of drug-likeness (QED) is 0.904. The number of ether oxygens (including phenoxy) is 1. The highest BCUT2D eigenvalue weighted by atomic mass is 35.5. The second-order valence-electron chi connectivity index (χ2n) is 3.66. The Labute approximate surface area is 111 Å². The topological polar surface area (TPSA) is 48.1 Å². The molecule has 0 saturated carbocycles. The van der Waals surface area contributed by atoms with Gasteiger partial charge in [0.05, 0.1) is 11.9 Å². The number of aromatic nitrogens is 1. The van der Waals surface area contributed by atoms with E-state index in [0.717, 1.165) is 12.3 Å². The molecule has 0 aliphatic rings. The first kappa shape index (κ1) is 13.5. The van der Waals surface area contributed by atoms with Crippen molar-refractivity contribution in [1.29, 1.82) is 0 Å². The summed E-state index contributed by atoms with van der Waals surface area (Å²) in [6.45, 7) is 0. The highest BCUT2D eigenvalue weighted by molar-refractivity contribution is 6.30. The van der Waals surface area contributed by atoms with E-state index >= 15 is 0 Å². The van der Waals surface area contributed by atoms with E-state index in [2.05, 4.69) is 4.98 Å². The molecule has 100 valence electrons. The number of alkyl halides is 3. The lowest BCUT2D eigenvalue weighted by atomic mass is 10.3. The fourth-order valence-electron chi connectivity index (χ4n) is 1.35. The molecule has 2 aromatic rings. The summed E-state index contributed by atoms with van der Waals surface area (Å²) >= 11 is 5.75. The third kappa shape index (κ3) is 3.29. The average molecular weight is 289 g/mol. The molecule has 0 spiro atoms. The van der Waals surface area contributed by atoms with Crippen LogP contribution in [0.1, 0.15) is 5.69 Å². The molecule has 1 aromatic carbocycles. The molecule has 0 atom stereocenters. The van der Waals surface area contributed by atoms with Crippen LogP contribution in [-0.4, -0.2) is 4.98 Å². The zero-order valence-electron chi connectivity index (χ0n) is 9.41. The largest absolute Gasteiger partial charge is 0.455 e. The summed E-state index contributed by atoms with van der Waals surface area (Å²) in [5.74, 6) is 0.170. The molecule has 0 amide bonds. The molecule has 0 bridgehead atoms. The Morgan fingerprint density at radius 1 is 1.21 bits per heavy atom. The predicted octanol–water partition coefficient (Wildman–Crippen LogP) is 4.13. The van der Waals surface area contributed by atoms with Crippen molar-refractivity contribution in [1.82, 2.24) is 4.98 Å². The first-order valence-corrected chi connectivity index (χ1v) is 5.50. The van der Waals surface area contributed by atoms with Crippen LogP contribution in [0.3, 0.4) is 0 Å². The lowest BCUT2D eigenvalue weighted by Crippen LogP contribution is -2.08. The summed E-state index contributed by atoms with van der Waals surface area (Å²) in [5, 5.41) is 0.404. The molecule has 19 heavy (non-hydrogen) atoms. The summed E-state index contributed by atoms with van der Waals surface area (Å²) in [7, 11) is 0. The Bertz CT molecular complexity index is 602. The van der Waals surface area contributed by atoms with E-state index in [1.807, 2.05) is 0 Å². The number of hydrogen-bond donors (Lipinski definition) is 1. The summed E-state index contributed by atoms with van der Waals surface area (Å²) in [6, 6.07) is 7.00. The van der Waals surface area contributed by atoms with Crippen LogP contribution in [0.15, 0.2) is 36.5 Å². The van der Waals surface area contributed by atoms with E-state index in [0.29, 0.717) is 10.8 Å². The molecular formula is C12H8ClF3N2O. The SMILES string of the molecule is Nc1cnc(C(F)(F)F)cc1Oc1cccc(Cl)c1. The monoisotopic (exact) mass is 288 g/mol. The van der Waals surface area contributed by atoms with Crippen LogP contribution in [0.25, 0.3) is 0 Å². The summed E-state index contributed by atoms with van der Waals surface area (Å²) in [6.07, 6.45) is -3.65. The molecule has 0 aliphatic heterocycles. The van der Waals surface area contributed by atoms with Gasteiger partial charge in [-0.1, -0.05) is 17.7 Å². The second kappa shape index (κ2) is 4.97. The van der Waals surface area contributed by atoms with E-state index < -0.39 is 11.9 Å². The Balaban J connectivity index is 2.34. The zero-order valence-corrected chi connectivity index (χ0v) is 10.2. The standard InChI is InChI=1S/C12H8ClF3N2O/c13-7-2-1-3-8(4-7)19-10-5-11(12(14,15)16)18-6-9(10)17/h1-6H,17H2. The molecule has 0 fully saturated rings. The van der Waals surface area contributed by atoms with Gasteiger partial charge < -0.3 is 10.5 Å². The highest BCUT2D eigenvalue weighted by Gasteiger charge is 2.33. The molecule has 1 heterocycles. The number of rotatable bonds is 2. The number of nitrogens with zero attached hydrogens (tertiary/aromatic N) is 1. The molecule has 0 aliphatic carbocycles. The molecule has 0 saturated heterocycles. The molecular weight excluding hydrogens is 281 g/mol. The summed E-state index contributed by atoms with van der Waals surface area (Å²) in [4.78, 5) is 3.21. The van der Waals surface area contributed by atoms with Gasteiger partial charge in [-0.3, -0.25) is 0 Å². The van der Waals surface area contributed by atoms with Gasteiger partial charge >= 0.3 is 6.18 Å². The lowest BCUT2D eigenvalue weighted by molar-refractivity contribution is -0.141. The second-order valence-corrected chi connectivity index (χ2v) is 4.10. The molecule has 2 rings (SSSR count). The molecule has 7 heteroatoms. The lowest BCUT2D eigenvalue weighted by Gasteiger charge is -2.11. The minimum absolute atomic E-state index is 0.00738. The van der Waals surface area contributed by atoms with Crippen LogP contribution in [0.2, 0.25) is 5.02 Å². The summed E-state index contributed by atoms with van der Waals surface area (Å²) < 4.78 is 42.8. The van der Waals surface area contributed by atoms with Crippen molar-refractivity contribution in [3.05, 3.63) is 47.2 Å². The number of anilines is 1. The van der Waals surface area contributed by atoms with E-state index in [9.17, 15) is 13.2 Å². The number of nitrogen functional groups attached to an aromatic ring is 1. The van der Waals surface area contributed by atoms with Crippen molar-refractivity contribution in [3.8, 4) is 11.5 Å². The summed E-state index contributed by atoms with van der Waals surface area (Å²) in [5.41, 5.74) is 4.47. The average Bonchev–Trinajstić information content (AvgIpc) is 2.30. The predicted molar refractivity (Wildman–Crippen MR) is 65.2 cm³/mol. The van der Waals surface area contributed by atoms with Gasteiger partial charge in [-0.25, -0.2) is 4.98 Å². The van der Waals surface area contributed by atoms with Crippen LogP contribution < -0.4 is 10.5 Å². The third-order valence-corrected chi connectivity index (χ3v) is 2.44. The van der Waals surface area contributed by atoms with Crippen LogP contribution in [0.4, 0.5) is 18.9 Å². The normalized spacial score (nSPS) is 11.4. The number of hydrogen-bond acceptors (Lipinski definition) is 3. The van der Waals surface area contributed by atoms with Crippen molar-refractivity contribution in [2.24, 2.45) is 0 Å². The smallest absolute Gasteiger partial charge is 0.433 e. The van der Waals surface area contributed by atoms with E-state index in [-0.39, 0.29) is 11.4 Å². The van der Waals surface area contributed by atoms with Crippen LogP contribution in [0, 0.1) is 0 Å². The minimum Gasteiger partial charge on any atom is -0.455 e. The molecule has 1 aromatic heterocycles. The molecule has 2 N–H and O–H groups in total. The minimum atomic E-state index is -4.56. The maximum atomic E-state index is 12.5. The van der Waals surface area contributed by atoms with E-state index in [4.69, 9.17) is 22.1 Å². The number of benzene rings is 1. The van der Waals surface area contributed by atoms with Gasteiger partial charge in [-0.2, -0.15) is 13.2 Å². The van der Waals surface area contributed by atoms with Gasteiger partial charge in [0.15, 0.2) is 5.75 Å². The Morgan fingerprint density at radius 2 is 1.95 bits per heavy atom. The first-order valence-electron chi connectivity index (χ1n) is 5.12. The van der Waals surface area contributed by atoms with Crippen molar-refractivity contribution in [3.63, 3.8) is 0 Å². The van der Waals surface area contributed by atoms with Crippen molar-refractivity contribution < 1.29 is 17.9 Å². The molecule has 0 radical (unpaired) electrons. The first-order chi connectivity index (χ1) is 8.86. The van der Waals surface area contributed by atoms with Crippen LogP contribution in [0.5, 0.6) is 11.5 Å². The van der Waals surface area contributed by atoms with Crippen molar-refractivity contribution in [2.75, 3.05) is 5.73 Å². The van der Waals surface area contributed by atoms with Crippen molar-refractivity contribution in [2.45, 2.75) is 6.18 Å². The van der Waals surface area contributed by atoms with Crippen LogP contribution >= 0.6 is 11.6 Å². The van der Waals surface area contributed by atoms with E-state index in [1.54, 1.807) is 18.2 Å². The molecule has 0 unspecified atom stereocenters. The van der Waals surface area contributed by atoms with Gasteiger partial charge in [-0.05, 0) is 18.2 Å². The van der Waals surface area contributed by atoms with E-state index in [1.165, 1.54) is 6.07 Å². The highest BCUT2D eigenvalue weighted by Crippen LogP contribution is 2.34. The number of halogens is 4. The maximum absolute atomic E-state index is 12.5. The Kier molecular flexibility index (Phi) is 3.53. The van der Waals surface area contributed by atoms with Gasteiger partial charge in [0.1, 0.15) is 11.4 Å². The van der Waals surface area contributed by atoms with Gasteiger partial charge in [-0.15, -0.1) is 0 Å². The fraction of sp³-hybridized carbons (Fsp3) is 0.0833. The fourth-order valence-corrected chi connectivity index (χ4v) is 1.53. The number of nitrogens with two attached hydrogens (primary N) is 1. The Morgan fingerprint density at radius 3 is 2.58 bits per heavy atom. The number of pyridine rings is 1. The van der Waals surface area contributed by atoms with Gasteiger partial charge in [0.2, 0.25) is 0 Å². The third-order valence-electron chi connectivity index (χ3n) is 2.21. The van der Waals surface area contributed by atoms with Crippen LogP contribution in [-0.2, 0) is 6.18 Å². The zero-order chi connectivity index (χ0) is 14.0. The Hall–Kier alpha value is -1.95. The van der Waals surface area contributed by atoms with Gasteiger partial charge in [0.25, 0.3) is 0 Å². The molecule has 3 nitrogen and oxygen atoms in total. The van der Waals surface area contributed by atoms with Crippen molar-refractivity contribution >= 4 is 17.3 Å². The van der Waals surface area contributed by atoms with Gasteiger partial charge in [0, 0.05) is 11.1 Å².